The minimum Gasteiger partial charge on any atom is -0.479 e. The van der Waals surface area contributed by atoms with Gasteiger partial charge in [0.05, 0.1) is 0 Å². The van der Waals surface area contributed by atoms with Crippen LogP contribution in [0.25, 0.3) is 0 Å². The summed E-state index contributed by atoms with van der Waals surface area (Å²) < 4.78 is 5.35. The van der Waals surface area contributed by atoms with E-state index in [-0.39, 0.29) is 5.91 Å². The standard InChI is InChI=1S/C15H26N2O4/c1-3-16(4-2)11-7-9-17(10-8-11)14(18)12-5-6-13(21-12)15(19)20/h11-13H,3-10H2,1-2H3,(H,19,20)/t12-,13+/m0/s1. The molecule has 0 aromatic heterocycles. The van der Waals surface area contributed by atoms with Crippen LogP contribution in [0.1, 0.15) is 39.5 Å². The molecule has 2 rings (SSSR count). The largest absolute Gasteiger partial charge is 0.479 e. The van der Waals surface area contributed by atoms with Crippen molar-refractivity contribution >= 4 is 11.9 Å². The van der Waals surface area contributed by atoms with Gasteiger partial charge in [0, 0.05) is 19.1 Å². The SMILES string of the molecule is CCN(CC)C1CCN(C(=O)[C@@H]2CC[C@H](C(=O)O)O2)CC1. The normalized spacial score (nSPS) is 27.3. The van der Waals surface area contributed by atoms with Gasteiger partial charge in [-0.25, -0.2) is 4.79 Å². The summed E-state index contributed by atoms with van der Waals surface area (Å²) in [6, 6.07) is 0.556. The molecule has 0 unspecified atom stereocenters. The maximum atomic E-state index is 12.4. The molecule has 1 N–H and O–H groups in total. The molecule has 0 bridgehead atoms. The predicted molar refractivity (Wildman–Crippen MR) is 78.1 cm³/mol. The first kappa shape index (κ1) is 16.2. The number of carbonyl (C=O) groups excluding carboxylic acids is 1. The monoisotopic (exact) mass is 298 g/mol. The lowest BCUT2D eigenvalue weighted by Gasteiger charge is -2.38. The van der Waals surface area contributed by atoms with Crippen LogP contribution in [0, 0.1) is 0 Å². The van der Waals surface area contributed by atoms with Gasteiger partial charge in [-0.3, -0.25) is 4.79 Å². The molecule has 2 saturated heterocycles. The summed E-state index contributed by atoms with van der Waals surface area (Å²) in [6.07, 6.45) is 1.56. The number of carbonyl (C=O) groups is 2. The first-order valence-electron chi connectivity index (χ1n) is 7.97. The Morgan fingerprint density at radius 3 is 2.14 bits per heavy atom. The van der Waals surface area contributed by atoms with Crippen molar-refractivity contribution in [3.63, 3.8) is 0 Å². The van der Waals surface area contributed by atoms with Crippen LogP contribution in [-0.4, -0.2) is 71.2 Å². The Kier molecular flexibility index (Phi) is 5.58. The molecule has 2 atom stereocenters. The van der Waals surface area contributed by atoms with Crippen molar-refractivity contribution in [1.29, 1.82) is 0 Å². The van der Waals surface area contributed by atoms with E-state index in [1.54, 1.807) is 0 Å². The maximum Gasteiger partial charge on any atom is 0.332 e. The highest BCUT2D eigenvalue weighted by atomic mass is 16.5. The molecule has 2 heterocycles. The highest BCUT2D eigenvalue weighted by molar-refractivity contribution is 5.82. The fourth-order valence-corrected chi connectivity index (χ4v) is 3.40. The van der Waals surface area contributed by atoms with Gasteiger partial charge in [0.1, 0.15) is 6.10 Å². The zero-order valence-corrected chi connectivity index (χ0v) is 13.0. The quantitative estimate of drug-likeness (QED) is 0.818. The number of carboxylic acid groups (broad SMARTS) is 1. The highest BCUT2D eigenvalue weighted by Crippen LogP contribution is 2.24. The zero-order chi connectivity index (χ0) is 15.4. The Balaban J connectivity index is 1.82. The van der Waals surface area contributed by atoms with E-state index in [2.05, 4.69) is 18.7 Å². The first-order chi connectivity index (χ1) is 10.1. The molecule has 0 saturated carbocycles. The molecule has 120 valence electrons. The Labute approximate surface area is 126 Å². The summed E-state index contributed by atoms with van der Waals surface area (Å²) >= 11 is 0. The molecule has 2 fully saturated rings. The van der Waals surface area contributed by atoms with Gasteiger partial charge in [-0.1, -0.05) is 13.8 Å². The topological polar surface area (TPSA) is 70.1 Å². The Bertz CT molecular complexity index is 376. The Morgan fingerprint density at radius 1 is 1.10 bits per heavy atom. The minimum atomic E-state index is -0.967. The smallest absolute Gasteiger partial charge is 0.332 e. The Hall–Kier alpha value is -1.14. The van der Waals surface area contributed by atoms with Crippen LogP contribution in [0.5, 0.6) is 0 Å². The number of hydrogen-bond acceptors (Lipinski definition) is 4. The number of likely N-dealkylation sites (tertiary alicyclic amines) is 1. The second kappa shape index (κ2) is 7.22. The first-order valence-corrected chi connectivity index (χ1v) is 7.97. The number of amides is 1. The molecule has 0 radical (unpaired) electrons. The van der Waals surface area contributed by atoms with Crippen molar-refractivity contribution in [3.05, 3.63) is 0 Å². The molecule has 6 heteroatoms. The molecule has 0 aromatic rings. The van der Waals surface area contributed by atoms with Crippen molar-refractivity contribution in [3.8, 4) is 0 Å². The molecule has 2 aliphatic rings. The van der Waals surface area contributed by atoms with E-state index in [0.717, 1.165) is 39.0 Å². The van der Waals surface area contributed by atoms with Crippen LogP contribution in [0.4, 0.5) is 0 Å². The fourth-order valence-electron chi connectivity index (χ4n) is 3.40. The number of aliphatic carboxylic acids is 1. The lowest BCUT2D eigenvalue weighted by atomic mass is 10.0. The van der Waals surface area contributed by atoms with Crippen molar-refractivity contribution < 1.29 is 19.4 Å². The maximum absolute atomic E-state index is 12.4. The van der Waals surface area contributed by atoms with E-state index in [9.17, 15) is 9.59 Å². The molecule has 0 aliphatic carbocycles. The minimum absolute atomic E-state index is 0.0308. The zero-order valence-electron chi connectivity index (χ0n) is 13.0. The third-order valence-electron chi connectivity index (χ3n) is 4.68. The van der Waals surface area contributed by atoms with Crippen LogP contribution in [0.15, 0.2) is 0 Å². The van der Waals surface area contributed by atoms with Gasteiger partial charge in [0.15, 0.2) is 6.10 Å². The van der Waals surface area contributed by atoms with Gasteiger partial charge in [0.2, 0.25) is 0 Å². The van der Waals surface area contributed by atoms with Crippen LogP contribution in [-0.2, 0) is 14.3 Å². The number of nitrogens with zero attached hydrogens (tertiary/aromatic N) is 2. The lowest BCUT2D eigenvalue weighted by molar-refractivity contribution is -0.155. The number of hydrogen-bond donors (Lipinski definition) is 1. The van der Waals surface area contributed by atoms with Gasteiger partial charge in [-0.2, -0.15) is 0 Å². The average molecular weight is 298 g/mol. The van der Waals surface area contributed by atoms with E-state index in [0.29, 0.717) is 18.9 Å². The lowest BCUT2D eigenvalue weighted by Crippen LogP contribution is -2.49. The summed E-state index contributed by atoms with van der Waals surface area (Å²) in [5.41, 5.74) is 0. The number of piperidine rings is 1. The summed E-state index contributed by atoms with van der Waals surface area (Å²) in [5, 5.41) is 8.92. The predicted octanol–water partition coefficient (Wildman–Crippen LogP) is 0.951. The average Bonchev–Trinajstić information content (AvgIpc) is 2.98. The number of ether oxygens (including phenoxy) is 1. The molecule has 6 nitrogen and oxygen atoms in total. The van der Waals surface area contributed by atoms with E-state index in [1.807, 2.05) is 4.90 Å². The third kappa shape index (κ3) is 3.74. The number of rotatable bonds is 5. The third-order valence-corrected chi connectivity index (χ3v) is 4.68. The van der Waals surface area contributed by atoms with Gasteiger partial charge < -0.3 is 19.6 Å². The van der Waals surface area contributed by atoms with Gasteiger partial charge in [0.25, 0.3) is 5.91 Å². The molecule has 1 amide bonds. The molecule has 0 aromatic carbocycles. The van der Waals surface area contributed by atoms with Crippen molar-refractivity contribution in [2.75, 3.05) is 26.2 Å². The van der Waals surface area contributed by atoms with Crippen LogP contribution in [0.3, 0.4) is 0 Å². The summed E-state index contributed by atoms with van der Waals surface area (Å²) in [4.78, 5) is 27.5. The Morgan fingerprint density at radius 2 is 1.67 bits per heavy atom. The highest BCUT2D eigenvalue weighted by Gasteiger charge is 2.37. The molecule has 0 spiro atoms. The molecular weight excluding hydrogens is 272 g/mol. The molecular formula is C15H26N2O4. The summed E-state index contributed by atoms with van der Waals surface area (Å²) in [5.74, 6) is -0.998. The van der Waals surface area contributed by atoms with E-state index >= 15 is 0 Å². The fraction of sp³-hybridized carbons (Fsp3) is 0.867. The van der Waals surface area contributed by atoms with Crippen molar-refractivity contribution in [2.24, 2.45) is 0 Å². The van der Waals surface area contributed by atoms with Crippen LogP contribution >= 0.6 is 0 Å². The van der Waals surface area contributed by atoms with E-state index < -0.39 is 18.2 Å². The van der Waals surface area contributed by atoms with E-state index in [4.69, 9.17) is 9.84 Å². The number of carboxylic acids is 1. The van der Waals surface area contributed by atoms with Crippen LogP contribution < -0.4 is 0 Å². The molecule has 21 heavy (non-hydrogen) atoms. The van der Waals surface area contributed by atoms with Crippen LogP contribution in [0.2, 0.25) is 0 Å². The summed E-state index contributed by atoms with van der Waals surface area (Å²) in [7, 11) is 0. The van der Waals surface area contributed by atoms with Gasteiger partial charge >= 0.3 is 5.97 Å². The van der Waals surface area contributed by atoms with E-state index in [1.165, 1.54) is 0 Å². The second-order valence-electron chi connectivity index (χ2n) is 5.81. The molecule has 2 aliphatic heterocycles. The van der Waals surface area contributed by atoms with Crippen molar-refractivity contribution in [1.82, 2.24) is 9.80 Å². The van der Waals surface area contributed by atoms with Gasteiger partial charge in [-0.15, -0.1) is 0 Å². The second-order valence-corrected chi connectivity index (χ2v) is 5.81. The van der Waals surface area contributed by atoms with Gasteiger partial charge in [-0.05, 0) is 38.8 Å². The summed E-state index contributed by atoms with van der Waals surface area (Å²) in [6.45, 7) is 7.91. The van der Waals surface area contributed by atoms with Crippen molar-refractivity contribution in [2.45, 2.75) is 57.8 Å².